The Morgan fingerprint density at radius 1 is 1.02 bits per heavy atom. The minimum atomic E-state index is -4.58. The van der Waals surface area contributed by atoms with Gasteiger partial charge in [0.15, 0.2) is 11.0 Å². The number of hydrogen-bond acceptors (Lipinski definition) is 7. The summed E-state index contributed by atoms with van der Waals surface area (Å²) in [4.78, 5) is 8.05. The number of aryl methyl sites for hydroxylation is 1. The number of benzene rings is 1. The van der Waals surface area contributed by atoms with Gasteiger partial charge in [0.05, 0.1) is 34.2 Å². The second-order valence-corrected chi connectivity index (χ2v) is 9.68. The fourth-order valence-corrected chi connectivity index (χ4v) is 4.66. The van der Waals surface area contributed by atoms with E-state index in [-0.39, 0.29) is 10.6 Å². The van der Waals surface area contributed by atoms with Crippen LogP contribution in [-0.2, 0) is 19.6 Å². The number of aromatic nitrogens is 11. The molecule has 0 aliphatic rings. The first-order valence-electron chi connectivity index (χ1n) is 12.3. The van der Waals surface area contributed by atoms with Crippen LogP contribution in [0.3, 0.4) is 0 Å². The summed E-state index contributed by atoms with van der Waals surface area (Å²) in [6.45, 7) is 0. The Bertz CT molecular complexity index is 1850. The van der Waals surface area contributed by atoms with E-state index in [9.17, 15) is 13.2 Å². The molecule has 16 heteroatoms. The maximum absolute atomic E-state index is 15.3. The van der Waals surface area contributed by atoms with Crippen LogP contribution in [-0.4, -0.2) is 50.3 Å². The second-order valence-electron chi connectivity index (χ2n) is 9.27. The Hall–Kier alpha value is -5.05. The minimum absolute atomic E-state index is 0.0692. The van der Waals surface area contributed by atoms with Gasteiger partial charge in [-0.15, -0.1) is 9.78 Å². The molecule has 212 valence electrons. The van der Waals surface area contributed by atoms with Crippen molar-refractivity contribution >= 4 is 11.6 Å². The fourth-order valence-electron chi connectivity index (χ4n) is 4.50. The molecule has 0 saturated carbocycles. The van der Waals surface area contributed by atoms with Gasteiger partial charge in [-0.25, -0.2) is 4.39 Å². The van der Waals surface area contributed by atoms with Crippen molar-refractivity contribution in [2.45, 2.75) is 18.6 Å². The van der Waals surface area contributed by atoms with Crippen LogP contribution < -0.4 is 4.68 Å². The predicted molar refractivity (Wildman–Crippen MR) is 139 cm³/mol. The maximum atomic E-state index is 15.3. The highest BCUT2D eigenvalue weighted by molar-refractivity contribution is 6.31. The highest BCUT2D eigenvalue weighted by Crippen LogP contribution is 2.33. The van der Waals surface area contributed by atoms with E-state index in [1.165, 1.54) is 35.5 Å². The molecule has 1 N–H and O–H groups in total. The molecule has 0 saturated heterocycles. The zero-order chi connectivity index (χ0) is 29.4. The lowest BCUT2D eigenvalue weighted by molar-refractivity contribution is -0.659. The maximum Gasteiger partial charge on any atom is 0.433 e. The summed E-state index contributed by atoms with van der Waals surface area (Å²) in [6, 6.07) is 8.38. The predicted octanol–water partition coefficient (Wildman–Crippen LogP) is 4.17. The van der Waals surface area contributed by atoms with Gasteiger partial charge in [0.25, 0.3) is 6.33 Å². The van der Waals surface area contributed by atoms with Crippen molar-refractivity contribution in [1.29, 1.82) is 0 Å². The Morgan fingerprint density at radius 3 is 2.57 bits per heavy atom. The first kappa shape index (κ1) is 27.1. The van der Waals surface area contributed by atoms with E-state index in [1.54, 1.807) is 47.0 Å². The summed E-state index contributed by atoms with van der Waals surface area (Å²) in [5, 5.41) is 22.6. The van der Waals surface area contributed by atoms with E-state index in [1.807, 2.05) is 0 Å². The summed E-state index contributed by atoms with van der Waals surface area (Å²) in [6.07, 6.45) is 4.57. The average molecular weight is 597 g/mol. The molecule has 5 heterocycles. The molecule has 6 aromatic rings. The molecule has 1 aromatic carbocycles. The Labute approximate surface area is 239 Å². The highest BCUT2D eigenvalue weighted by atomic mass is 35.5. The van der Waals surface area contributed by atoms with Crippen molar-refractivity contribution in [3.8, 4) is 27.9 Å². The monoisotopic (exact) mass is 596 g/mol. The topological polar surface area (TPSA) is 120 Å². The SMILES string of the molecule is Cn1cc(C[C@H](c2ccc(-c3c(-[n+]4cnn[nH]4)ccc(Cl)c3F)cn2)n2cc(-c3ccnc(C(F)(F)F)c3)cn2)nn1. The van der Waals surface area contributed by atoms with E-state index in [4.69, 9.17) is 11.6 Å². The molecule has 0 bridgehead atoms. The minimum Gasteiger partial charge on any atom is -0.263 e. The van der Waals surface area contributed by atoms with Crippen molar-refractivity contribution in [2.75, 3.05) is 0 Å². The van der Waals surface area contributed by atoms with Crippen LogP contribution in [0.2, 0.25) is 5.02 Å². The summed E-state index contributed by atoms with van der Waals surface area (Å²) in [5.74, 6) is -0.644. The molecule has 42 heavy (non-hydrogen) atoms. The van der Waals surface area contributed by atoms with E-state index in [2.05, 4.69) is 40.9 Å². The number of alkyl halides is 3. The largest absolute Gasteiger partial charge is 0.433 e. The van der Waals surface area contributed by atoms with Crippen molar-refractivity contribution in [3.63, 3.8) is 0 Å². The molecule has 5 aromatic heterocycles. The molecule has 0 aliphatic heterocycles. The van der Waals surface area contributed by atoms with Gasteiger partial charge in [0.1, 0.15) is 16.5 Å². The lowest BCUT2D eigenvalue weighted by Crippen LogP contribution is -2.33. The van der Waals surface area contributed by atoms with Crippen LogP contribution in [0.5, 0.6) is 0 Å². The van der Waals surface area contributed by atoms with Gasteiger partial charge < -0.3 is 0 Å². The molecule has 1 atom stereocenters. The summed E-state index contributed by atoms with van der Waals surface area (Å²) in [5.41, 5.74) is 1.98. The van der Waals surface area contributed by atoms with Crippen LogP contribution in [0.15, 0.2) is 73.7 Å². The normalized spacial score (nSPS) is 12.5. The molecule has 0 fully saturated rings. The number of nitrogens with one attached hydrogen (secondary N) is 1. The van der Waals surface area contributed by atoms with Gasteiger partial charge in [-0.1, -0.05) is 28.1 Å². The molecule has 0 amide bonds. The molecule has 11 nitrogen and oxygen atoms in total. The smallest absolute Gasteiger partial charge is 0.263 e. The third-order valence-electron chi connectivity index (χ3n) is 6.48. The molecule has 0 radical (unpaired) electrons. The lowest BCUT2D eigenvalue weighted by atomic mass is 10.0. The van der Waals surface area contributed by atoms with Gasteiger partial charge in [-0.2, -0.15) is 18.3 Å². The van der Waals surface area contributed by atoms with Crippen molar-refractivity contribution < 1.29 is 22.2 Å². The van der Waals surface area contributed by atoms with Gasteiger partial charge in [0.2, 0.25) is 0 Å². The zero-order valence-corrected chi connectivity index (χ0v) is 22.3. The molecule has 0 spiro atoms. The third-order valence-corrected chi connectivity index (χ3v) is 6.78. The van der Waals surface area contributed by atoms with Crippen LogP contribution in [0.4, 0.5) is 17.6 Å². The molecule has 6 rings (SSSR count). The zero-order valence-electron chi connectivity index (χ0n) is 21.6. The highest BCUT2D eigenvalue weighted by Gasteiger charge is 2.32. The number of halogens is 5. The van der Waals surface area contributed by atoms with E-state index >= 15 is 4.39 Å². The third kappa shape index (κ3) is 5.33. The molecule has 0 aliphatic carbocycles. The van der Waals surface area contributed by atoms with Gasteiger partial charge >= 0.3 is 6.18 Å². The Balaban J connectivity index is 1.38. The summed E-state index contributed by atoms with van der Waals surface area (Å²) < 4.78 is 59.6. The van der Waals surface area contributed by atoms with Gasteiger partial charge in [-0.05, 0) is 35.9 Å². The summed E-state index contributed by atoms with van der Waals surface area (Å²) in [7, 11) is 1.73. The number of pyridine rings is 2. The number of tetrazole rings is 1. The Kier molecular flexibility index (Phi) is 6.94. The first-order chi connectivity index (χ1) is 20.2. The number of H-pyrrole nitrogens is 1. The second kappa shape index (κ2) is 10.7. The standard InChI is InChI=1S/C26H18ClF4N11/c1-40-13-18(36-38-40)9-22(41-12-17(11-35-41)15-6-7-32-23(8-15)26(29,30)31)20-4-2-16(10-33-20)24-21(42-14-34-37-39-42)5-3-19(27)25(24)28/h2-8,10-14,22H,9H2,1H3/p+1/t22-/m1/s1. The van der Waals surface area contributed by atoms with Gasteiger partial charge in [-0.3, -0.25) is 19.3 Å². The molecular weight excluding hydrogens is 578 g/mol. The van der Waals surface area contributed by atoms with E-state index in [0.29, 0.717) is 40.2 Å². The lowest BCUT2D eigenvalue weighted by Gasteiger charge is -2.17. The molecular formula is C26H19ClF4N11+. The van der Waals surface area contributed by atoms with Crippen molar-refractivity contribution in [1.82, 2.24) is 50.3 Å². The van der Waals surface area contributed by atoms with Crippen molar-refractivity contribution in [3.05, 3.63) is 102 Å². The number of nitrogens with zero attached hydrogens (tertiary/aromatic N) is 10. The average Bonchev–Trinajstić information content (AvgIpc) is 3.76. The van der Waals surface area contributed by atoms with Crippen molar-refractivity contribution in [2.24, 2.45) is 7.05 Å². The number of aromatic amines is 1. The Morgan fingerprint density at radius 2 is 1.88 bits per heavy atom. The molecule has 0 unspecified atom stereocenters. The van der Waals surface area contributed by atoms with E-state index < -0.39 is 23.7 Å². The number of hydrogen-bond donors (Lipinski definition) is 1. The first-order valence-corrected chi connectivity index (χ1v) is 12.7. The van der Waals surface area contributed by atoms with Gasteiger partial charge in [0, 0.05) is 49.4 Å². The quantitative estimate of drug-likeness (QED) is 0.217. The number of rotatable bonds is 7. The van der Waals surface area contributed by atoms with E-state index in [0.717, 1.165) is 12.3 Å². The van der Waals surface area contributed by atoms with Crippen LogP contribution >= 0.6 is 11.6 Å². The summed E-state index contributed by atoms with van der Waals surface area (Å²) >= 11 is 6.10. The fraction of sp³-hybridized carbons (Fsp3) is 0.154. The van der Waals surface area contributed by atoms with Crippen LogP contribution in [0, 0.1) is 5.82 Å². The van der Waals surface area contributed by atoms with Crippen LogP contribution in [0.1, 0.15) is 23.1 Å². The van der Waals surface area contributed by atoms with Crippen LogP contribution in [0.25, 0.3) is 27.9 Å².